The van der Waals surface area contributed by atoms with E-state index in [4.69, 9.17) is 4.98 Å². The highest BCUT2D eigenvalue weighted by atomic mass is 15.1. The summed E-state index contributed by atoms with van der Waals surface area (Å²) in [6.45, 7) is 5.62. The minimum atomic E-state index is 0.240. The Hall–Kier alpha value is -2.52. The van der Waals surface area contributed by atoms with Crippen molar-refractivity contribution in [2.45, 2.75) is 44.4 Å². The second-order valence-corrected chi connectivity index (χ2v) is 8.59. The van der Waals surface area contributed by atoms with E-state index < -0.39 is 0 Å². The summed E-state index contributed by atoms with van der Waals surface area (Å²) in [7, 11) is 0. The summed E-state index contributed by atoms with van der Waals surface area (Å²) in [6, 6.07) is 19.8. The fourth-order valence-corrected chi connectivity index (χ4v) is 5.17. The van der Waals surface area contributed by atoms with Gasteiger partial charge in [-0.15, -0.1) is 0 Å². The standard InChI is InChI=1S/C26H29N3/c1-2-24-27-19-21-18-26(23-11-7-6-10-22(23)25(21)28-24)13-16-29(17-14-26)15-12-20-8-4-3-5-9-20/h3-11,19H,2,12-18H2,1H3. The quantitative estimate of drug-likeness (QED) is 0.646. The smallest absolute Gasteiger partial charge is 0.128 e. The van der Waals surface area contributed by atoms with Gasteiger partial charge in [-0.25, -0.2) is 9.97 Å². The first-order valence-electron chi connectivity index (χ1n) is 11.0. The molecule has 1 fully saturated rings. The first kappa shape index (κ1) is 18.5. The number of aryl methyl sites for hydroxylation is 1. The van der Waals surface area contributed by atoms with E-state index in [9.17, 15) is 0 Å². The molecule has 0 amide bonds. The zero-order valence-electron chi connectivity index (χ0n) is 17.3. The number of nitrogens with zero attached hydrogens (tertiary/aromatic N) is 3. The van der Waals surface area contributed by atoms with Crippen LogP contribution >= 0.6 is 0 Å². The average Bonchev–Trinajstić information content (AvgIpc) is 2.79. The van der Waals surface area contributed by atoms with Crippen LogP contribution in [0, 0.1) is 0 Å². The maximum atomic E-state index is 4.91. The number of likely N-dealkylation sites (tertiary alicyclic amines) is 1. The Labute approximate surface area is 173 Å². The van der Waals surface area contributed by atoms with Gasteiger partial charge in [-0.1, -0.05) is 61.5 Å². The fraction of sp³-hybridized carbons (Fsp3) is 0.385. The molecule has 5 rings (SSSR count). The van der Waals surface area contributed by atoms with Gasteiger partial charge in [0.05, 0.1) is 5.69 Å². The topological polar surface area (TPSA) is 29.0 Å². The van der Waals surface area contributed by atoms with Crippen molar-refractivity contribution < 1.29 is 0 Å². The van der Waals surface area contributed by atoms with Gasteiger partial charge >= 0.3 is 0 Å². The molecule has 29 heavy (non-hydrogen) atoms. The summed E-state index contributed by atoms with van der Waals surface area (Å²) < 4.78 is 0. The van der Waals surface area contributed by atoms with Crippen molar-refractivity contribution in [3.05, 3.63) is 83.3 Å². The molecule has 3 aromatic rings. The highest BCUT2D eigenvalue weighted by molar-refractivity contribution is 5.71. The number of fused-ring (bicyclic) bond motifs is 4. The Morgan fingerprint density at radius 3 is 2.52 bits per heavy atom. The summed E-state index contributed by atoms with van der Waals surface area (Å²) >= 11 is 0. The van der Waals surface area contributed by atoms with Gasteiger partial charge in [-0.2, -0.15) is 0 Å². The van der Waals surface area contributed by atoms with Crippen LogP contribution in [0.15, 0.2) is 60.8 Å². The zero-order chi connectivity index (χ0) is 19.7. The summed E-state index contributed by atoms with van der Waals surface area (Å²) in [4.78, 5) is 12.2. The maximum Gasteiger partial charge on any atom is 0.128 e. The Morgan fingerprint density at radius 1 is 0.966 bits per heavy atom. The van der Waals surface area contributed by atoms with E-state index in [2.05, 4.69) is 77.6 Å². The van der Waals surface area contributed by atoms with E-state index in [1.165, 1.54) is 53.9 Å². The molecule has 2 aliphatic rings. The fourth-order valence-electron chi connectivity index (χ4n) is 5.17. The summed E-state index contributed by atoms with van der Waals surface area (Å²) in [5, 5.41) is 0. The maximum absolute atomic E-state index is 4.91. The third-order valence-electron chi connectivity index (χ3n) is 6.89. The predicted molar refractivity (Wildman–Crippen MR) is 118 cm³/mol. The minimum absolute atomic E-state index is 0.240. The van der Waals surface area contributed by atoms with Crippen LogP contribution in [0.1, 0.15) is 42.3 Å². The Kier molecular flexibility index (Phi) is 4.92. The lowest BCUT2D eigenvalue weighted by Gasteiger charge is -2.45. The minimum Gasteiger partial charge on any atom is -0.303 e. The molecule has 1 aromatic heterocycles. The summed E-state index contributed by atoms with van der Waals surface area (Å²) in [5.41, 5.74) is 7.03. The lowest BCUT2D eigenvalue weighted by molar-refractivity contribution is 0.158. The normalized spacial score (nSPS) is 17.7. The lowest BCUT2D eigenvalue weighted by Crippen LogP contribution is -2.45. The van der Waals surface area contributed by atoms with Crippen LogP contribution < -0.4 is 0 Å². The van der Waals surface area contributed by atoms with Gasteiger partial charge in [0.1, 0.15) is 5.82 Å². The Morgan fingerprint density at radius 2 is 1.72 bits per heavy atom. The SMILES string of the molecule is CCc1ncc2c(n1)-c1ccccc1C1(CCN(CCc3ccccc3)CC1)C2. The van der Waals surface area contributed by atoms with Crippen LogP contribution in [0.3, 0.4) is 0 Å². The number of rotatable bonds is 4. The van der Waals surface area contributed by atoms with E-state index >= 15 is 0 Å². The molecule has 0 atom stereocenters. The van der Waals surface area contributed by atoms with Crippen LogP contribution in [0.5, 0.6) is 0 Å². The number of hydrogen-bond donors (Lipinski definition) is 0. The monoisotopic (exact) mass is 383 g/mol. The van der Waals surface area contributed by atoms with Gasteiger partial charge in [-0.05, 0) is 55.5 Å². The van der Waals surface area contributed by atoms with Crippen molar-refractivity contribution in [3.63, 3.8) is 0 Å². The zero-order valence-corrected chi connectivity index (χ0v) is 17.3. The van der Waals surface area contributed by atoms with Crippen molar-refractivity contribution in [2.75, 3.05) is 19.6 Å². The molecular weight excluding hydrogens is 354 g/mol. The van der Waals surface area contributed by atoms with Crippen LogP contribution in [0.2, 0.25) is 0 Å². The van der Waals surface area contributed by atoms with Crippen LogP contribution in [-0.2, 0) is 24.7 Å². The molecule has 1 aliphatic carbocycles. The molecule has 2 aromatic carbocycles. The molecular formula is C26H29N3. The molecule has 0 bridgehead atoms. The van der Waals surface area contributed by atoms with Crippen molar-refractivity contribution in [2.24, 2.45) is 0 Å². The Balaban J connectivity index is 1.36. The number of piperidine rings is 1. The second-order valence-electron chi connectivity index (χ2n) is 8.59. The van der Waals surface area contributed by atoms with Crippen molar-refractivity contribution in [1.29, 1.82) is 0 Å². The molecule has 148 valence electrons. The van der Waals surface area contributed by atoms with E-state index in [0.29, 0.717) is 0 Å². The summed E-state index contributed by atoms with van der Waals surface area (Å²) in [6.07, 6.45) is 7.63. The van der Waals surface area contributed by atoms with Gasteiger partial charge in [0.15, 0.2) is 0 Å². The van der Waals surface area contributed by atoms with Gasteiger partial charge in [0, 0.05) is 30.1 Å². The molecule has 2 heterocycles. The van der Waals surface area contributed by atoms with Crippen LogP contribution in [0.4, 0.5) is 0 Å². The molecule has 1 spiro atoms. The molecule has 0 N–H and O–H groups in total. The summed E-state index contributed by atoms with van der Waals surface area (Å²) in [5.74, 6) is 0.949. The van der Waals surface area contributed by atoms with E-state index in [1.54, 1.807) is 0 Å². The van der Waals surface area contributed by atoms with Crippen molar-refractivity contribution in [3.8, 4) is 11.3 Å². The predicted octanol–water partition coefficient (Wildman–Crippen LogP) is 4.84. The van der Waals surface area contributed by atoms with E-state index in [-0.39, 0.29) is 5.41 Å². The van der Waals surface area contributed by atoms with Gasteiger partial charge in [-0.3, -0.25) is 0 Å². The molecule has 1 aliphatic heterocycles. The second kappa shape index (κ2) is 7.72. The van der Waals surface area contributed by atoms with E-state index in [0.717, 1.165) is 31.6 Å². The molecule has 0 unspecified atom stereocenters. The average molecular weight is 384 g/mol. The number of hydrogen-bond acceptors (Lipinski definition) is 3. The molecule has 0 radical (unpaired) electrons. The highest BCUT2D eigenvalue weighted by Gasteiger charge is 2.41. The Bertz CT molecular complexity index is 988. The van der Waals surface area contributed by atoms with Crippen LogP contribution in [-0.4, -0.2) is 34.5 Å². The lowest BCUT2D eigenvalue weighted by atomic mass is 9.64. The molecule has 3 nitrogen and oxygen atoms in total. The highest BCUT2D eigenvalue weighted by Crippen LogP contribution is 2.47. The van der Waals surface area contributed by atoms with E-state index in [1.807, 2.05) is 0 Å². The van der Waals surface area contributed by atoms with Gasteiger partial charge in [0.2, 0.25) is 0 Å². The van der Waals surface area contributed by atoms with Gasteiger partial charge < -0.3 is 4.90 Å². The van der Waals surface area contributed by atoms with Crippen molar-refractivity contribution >= 4 is 0 Å². The number of aromatic nitrogens is 2. The molecule has 3 heteroatoms. The van der Waals surface area contributed by atoms with Gasteiger partial charge in [0.25, 0.3) is 0 Å². The number of benzene rings is 2. The first-order chi connectivity index (χ1) is 14.3. The van der Waals surface area contributed by atoms with Crippen LogP contribution in [0.25, 0.3) is 11.3 Å². The third-order valence-corrected chi connectivity index (χ3v) is 6.89. The third kappa shape index (κ3) is 3.49. The largest absolute Gasteiger partial charge is 0.303 e. The molecule has 1 saturated heterocycles. The first-order valence-corrected chi connectivity index (χ1v) is 11.0. The van der Waals surface area contributed by atoms with Crippen molar-refractivity contribution in [1.82, 2.24) is 14.9 Å². The molecule has 0 saturated carbocycles.